The molecular weight excluding hydrogens is 237 g/mol. The van der Waals surface area contributed by atoms with E-state index in [1.807, 2.05) is 6.92 Å². The van der Waals surface area contributed by atoms with Gasteiger partial charge in [-0.3, -0.25) is 0 Å². The topological polar surface area (TPSA) is 15.3 Å². The van der Waals surface area contributed by atoms with Gasteiger partial charge in [-0.2, -0.15) is 5.57 Å². The van der Waals surface area contributed by atoms with E-state index in [9.17, 15) is 0 Å². The summed E-state index contributed by atoms with van der Waals surface area (Å²) in [6.07, 6.45) is 3.30. The molecule has 3 heteroatoms. The first kappa shape index (κ1) is 13.2. The zero-order valence-corrected chi connectivity index (χ0v) is 11.9. The van der Waals surface area contributed by atoms with Gasteiger partial charge in [0.25, 0.3) is 0 Å². The maximum atomic E-state index is 3.30. The van der Waals surface area contributed by atoms with Crippen LogP contribution in [-0.2, 0) is 32.7 Å². The molecular formula is C10H17N2Y-. The average molecular weight is 254 g/mol. The van der Waals surface area contributed by atoms with Gasteiger partial charge in [-0.05, 0) is 20.8 Å². The van der Waals surface area contributed by atoms with Gasteiger partial charge in [0, 0.05) is 38.8 Å². The second-order valence-electron chi connectivity index (χ2n) is 3.67. The molecule has 13 heavy (non-hydrogen) atoms. The largest absolute Gasteiger partial charge is 0.324 e. The van der Waals surface area contributed by atoms with Crippen molar-refractivity contribution in [3.63, 3.8) is 0 Å². The van der Waals surface area contributed by atoms with E-state index in [1.54, 1.807) is 0 Å². The Hall–Kier alpha value is 0.184. The van der Waals surface area contributed by atoms with Crippen molar-refractivity contribution in [3.8, 4) is 0 Å². The molecule has 0 aromatic carbocycles. The fraction of sp³-hybridized carbons (Fsp3) is 0.600. The Kier molecular flexibility index (Phi) is 5.23. The summed E-state index contributed by atoms with van der Waals surface area (Å²) in [6, 6.07) is 0.472. The van der Waals surface area contributed by atoms with Gasteiger partial charge in [-0.25, -0.2) is 6.08 Å². The number of hydrogen-bond acceptors (Lipinski definition) is 2. The maximum absolute atomic E-state index is 3.30. The first-order valence-corrected chi connectivity index (χ1v) is 4.36. The number of hydrogen-bond donors (Lipinski definition) is 1. The molecule has 1 heterocycles. The van der Waals surface area contributed by atoms with E-state index in [-0.39, 0.29) is 32.7 Å². The molecule has 2 nitrogen and oxygen atoms in total. The third-order valence-electron chi connectivity index (χ3n) is 1.82. The number of rotatable bonds is 1. The SMILES string of the molecule is CC1=[C-]C(=C(C)C)N(C(C)C)N1.[Y]. The van der Waals surface area contributed by atoms with Crippen molar-refractivity contribution in [3.05, 3.63) is 23.0 Å². The number of hydrazine groups is 1. The van der Waals surface area contributed by atoms with E-state index in [1.165, 1.54) is 11.3 Å². The molecule has 0 fully saturated rings. The monoisotopic (exact) mass is 254 g/mol. The van der Waals surface area contributed by atoms with Crippen LogP contribution in [0, 0.1) is 6.08 Å². The van der Waals surface area contributed by atoms with Crippen LogP contribution in [-0.4, -0.2) is 11.1 Å². The van der Waals surface area contributed by atoms with Gasteiger partial charge >= 0.3 is 0 Å². The summed E-state index contributed by atoms with van der Waals surface area (Å²) in [5, 5.41) is 2.14. The average Bonchev–Trinajstić information content (AvgIpc) is 2.31. The van der Waals surface area contributed by atoms with Gasteiger partial charge in [0.1, 0.15) is 0 Å². The molecule has 0 saturated carbocycles. The van der Waals surface area contributed by atoms with Gasteiger partial charge in [-0.1, -0.05) is 5.70 Å². The first-order chi connectivity index (χ1) is 5.52. The van der Waals surface area contributed by atoms with Crippen molar-refractivity contribution in [2.75, 3.05) is 0 Å². The number of allylic oxidation sites excluding steroid dienone is 3. The minimum Gasteiger partial charge on any atom is -0.324 e. The van der Waals surface area contributed by atoms with E-state index in [2.05, 4.69) is 44.2 Å². The van der Waals surface area contributed by atoms with Gasteiger partial charge < -0.3 is 10.4 Å². The zero-order valence-electron chi connectivity index (χ0n) is 9.10. The van der Waals surface area contributed by atoms with Gasteiger partial charge in [0.15, 0.2) is 0 Å². The Morgan fingerprint density at radius 1 is 1.38 bits per heavy atom. The van der Waals surface area contributed by atoms with Crippen molar-refractivity contribution < 1.29 is 32.7 Å². The zero-order chi connectivity index (χ0) is 9.30. The molecule has 0 saturated heterocycles. The van der Waals surface area contributed by atoms with Crippen LogP contribution in [0.1, 0.15) is 34.6 Å². The standard InChI is InChI=1S/C10H17N2.Y/c1-7(2)10-6-9(5)11-12(10)8(3)4;/h8,11H,1-5H3;/q-1;. The second-order valence-corrected chi connectivity index (χ2v) is 3.67. The summed E-state index contributed by atoms with van der Waals surface area (Å²) in [6.45, 7) is 10.6. The molecule has 1 aliphatic heterocycles. The molecule has 0 atom stereocenters. The number of nitrogens with one attached hydrogen (secondary N) is 1. The Balaban J connectivity index is 0.00000144. The fourth-order valence-corrected chi connectivity index (χ4v) is 1.26. The quantitative estimate of drug-likeness (QED) is 0.722. The predicted octanol–water partition coefficient (Wildman–Crippen LogP) is 2.21. The molecule has 0 spiro atoms. The molecule has 1 N–H and O–H groups in total. The maximum Gasteiger partial charge on any atom is 0.0411 e. The molecule has 1 rings (SSSR count). The Morgan fingerprint density at radius 3 is 2.23 bits per heavy atom. The van der Waals surface area contributed by atoms with Crippen LogP contribution in [0.5, 0.6) is 0 Å². The van der Waals surface area contributed by atoms with Crippen molar-refractivity contribution >= 4 is 0 Å². The predicted molar refractivity (Wildman–Crippen MR) is 50.9 cm³/mol. The normalized spacial score (nSPS) is 15.4. The molecule has 0 unspecified atom stereocenters. The van der Waals surface area contributed by atoms with Crippen LogP contribution < -0.4 is 5.43 Å². The molecule has 0 bridgehead atoms. The fourth-order valence-electron chi connectivity index (χ4n) is 1.26. The summed E-state index contributed by atoms with van der Waals surface area (Å²) in [4.78, 5) is 0. The van der Waals surface area contributed by atoms with Crippen LogP contribution in [0.2, 0.25) is 0 Å². The van der Waals surface area contributed by atoms with E-state index in [4.69, 9.17) is 0 Å². The van der Waals surface area contributed by atoms with Crippen LogP contribution >= 0.6 is 0 Å². The summed E-state index contributed by atoms with van der Waals surface area (Å²) in [5.41, 5.74) is 6.84. The van der Waals surface area contributed by atoms with E-state index < -0.39 is 0 Å². The Labute approximate surface area is 106 Å². The minimum absolute atomic E-state index is 0. The van der Waals surface area contributed by atoms with Crippen LogP contribution in [0.4, 0.5) is 0 Å². The van der Waals surface area contributed by atoms with Gasteiger partial charge in [0.2, 0.25) is 0 Å². The van der Waals surface area contributed by atoms with Crippen molar-refractivity contribution in [1.82, 2.24) is 10.4 Å². The molecule has 0 aliphatic carbocycles. The van der Waals surface area contributed by atoms with E-state index >= 15 is 0 Å². The number of nitrogens with zero attached hydrogens (tertiary/aromatic N) is 1. The third kappa shape index (κ3) is 3.10. The van der Waals surface area contributed by atoms with Gasteiger partial charge in [0.05, 0.1) is 0 Å². The van der Waals surface area contributed by atoms with Gasteiger partial charge in [-0.15, -0.1) is 19.5 Å². The summed E-state index contributed by atoms with van der Waals surface area (Å²) in [7, 11) is 0. The Bertz CT molecular complexity index is 237. The molecule has 0 amide bonds. The molecule has 1 aliphatic rings. The van der Waals surface area contributed by atoms with Crippen LogP contribution in [0.15, 0.2) is 17.0 Å². The molecule has 1 radical (unpaired) electrons. The van der Waals surface area contributed by atoms with Crippen LogP contribution in [0.25, 0.3) is 0 Å². The molecule has 0 aromatic rings. The van der Waals surface area contributed by atoms with Crippen molar-refractivity contribution in [2.45, 2.75) is 40.7 Å². The van der Waals surface area contributed by atoms with Crippen molar-refractivity contribution in [1.29, 1.82) is 0 Å². The van der Waals surface area contributed by atoms with Crippen LogP contribution in [0.3, 0.4) is 0 Å². The molecule has 0 aromatic heterocycles. The summed E-state index contributed by atoms with van der Waals surface area (Å²) in [5.74, 6) is 0. The van der Waals surface area contributed by atoms with Crippen molar-refractivity contribution in [2.24, 2.45) is 0 Å². The first-order valence-electron chi connectivity index (χ1n) is 4.36. The Morgan fingerprint density at radius 2 is 1.92 bits per heavy atom. The summed E-state index contributed by atoms with van der Waals surface area (Å²) >= 11 is 0. The minimum atomic E-state index is 0. The smallest absolute Gasteiger partial charge is 0.0411 e. The third-order valence-corrected chi connectivity index (χ3v) is 1.82. The molecule has 71 valence electrons. The summed E-state index contributed by atoms with van der Waals surface area (Å²) < 4.78 is 0. The second kappa shape index (κ2) is 5.16. The van der Waals surface area contributed by atoms with E-state index in [0.717, 1.165) is 5.70 Å². The van der Waals surface area contributed by atoms with E-state index in [0.29, 0.717) is 6.04 Å².